The normalized spacial score (nSPS) is 10.3. The molecule has 2 rings (SSSR count). The monoisotopic (exact) mass is 276 g/mol. The van der Waals surface area contributed by atoms with E-state index in [1.54, 1.807) is 7.11 Å². The number of hydrogen-bond donors (Lipinski definition) is 1. The van der Waals surface area contributed by atoms with Gasteiger partial charge in [0.15, 0.2) is 0 Å². The van der Waals surface area contributed by atoms with Gasteiger partial charge in [0.1, 0.15) is 5.82 Å². The molecule has 4 heteroatoms. The second kappa shape index (κ2) is 5.93. The molecule has 0 unspecified atom stereocenters. The highest BCUT2D eigenvalue weighted by Crippen LogP contribution is 2.30. The predicted octanol–water partition coefficient (Wildman–Crippen LogP) is 4.36. The highest BCUT2D eigenvalue weighted by Gasteiger charge is 2.08. The minimum absolute atomic E-state index is 0.580. The Kier molecular flexibility index (Phi) is 4.27. The van der Waals surface area contributed by atoms with Gasteiger partial charge in [0.2, 0.25) is 5.88 Å². The lowest BCUT2D eigenvalue weighted by molar-refractivity contribution is 0.398. The third-order valence-corrected chi connectivity index (χ3v) is 3.44. The molecule has 0 amide bonds. The molecule has 100 valence electrons. The number of halogens is 1. The molecule has 1 aromatic heterocycles. The first-order valence-corrected chi connectivity index (χ1v) is 6.59. The summed E-state index contributed by atoms with van der Waals surface area (Å²) in [5.74, 6) is 1.34. The Morgan fingerprint density at radius 3 is 2.74 bits per heavy atom. The second-order valence-electron chi connectivity index (χ2n) is 4.28. The van der Waals surface area contributed by atoms with E-state index >= 15 is 0 Å². The van der Waals surface area contributed by atoms with Gasteiger partial charge in [-0.3, -0.25) is 0 Å². The largest absolute Gasteiger partial charge is 0.481 e. The van der Waals surface area contributed by atoms with Gasteiger partial charge in [0, 0.05) is 6.07 Å². The Morgan fingerprint density at radius 1 is 1.26 bits per heavy atom. The Bertz CT molecular complexity index is 584. The molecule has 0 atom stereocenters. The molecule has 1 N–H and O–H groups in total. The maximum absolute atomic E-state index is 6.36. The van der Waals surface area contributed by atoms with Gasteiger partial charge >= 0.3 is 0 Å². The van der Waals surface area contributed by atoms with Crippen molar-refractivity contribution in [1.82, 2.24) is 4.98 Å². The molecular weight excluding hydrogens is 260 g/mol. The van der Waals surface area contributed by atoms with E-state index in [1.807, 2.05) is 37.3 Å². The molecule has 0 fully saturated rings. The Hall–Kier alpha value is -1.74. The van der Waals surface area contributed by atoms with Crippen LogP contribution in [0.3, 0.4) is 0 Å². The molecule has 1 aromatic carbocycles. The first kappa shape index (κ1) is 13.7. The van der Waals surface area contributed by atoms with Gasteiger partial charge in [-0.1, -0.05) is 36.7 Å². The predicted molar refractivity (Wildman–Crippen MR) is 79.6 cm³/mol. The standard InChI is InChI=1S/C15H17ClN2O/c1-4-11-6-5-7-12(14(11)16)17-15-10(2)8-9-13(18-15)19-3/h5-9H,4H2,1-3H3,(H,17,18). The van der Waals surface area contributed by atoms with Crippen molar-refractivity contribution >= 4 is 23.1 Å². The fourth-order valence-electron chi connectivity index (χ4n) is 1.83. The van der Waals surface area contributed by atoms with Crippen LogP contribution in [0.15, 0.2) is 30.3 Å². The lowest BCUT2D eigenvalue weighted by Gasteiger charge is -2.13. The van der Waals surface area contributed by atoms with Gasteiger partial charge in [0.05, 0.1) is 17.8 Å². The molecule has 1 heterocycles. The SMILES string of the molecule is CCc1cccc(Nc2nc(OC)ccc2C)c1Cl. The van der Waals surface area contributed by atoms with Crippen molar-refractivity contribution in [3.63, 3.8) is 0 Å². The summed E-state index contributed by atoms with van der Waals surface area (Å²) in [6.45, 7) is 4.08. The van der Waals surface area contributed by atoms with Gasteiger partial charge in [-0.05, 0) is 30.5 Å². The van der Waals surface area contributed by atoms with Crippen LogP contribution in [0, 0.1) is 6.92 Å². The van der Waals surface area contributed by atoms with Crippen molar-refractivity contribution in [2.24, 2.45) is 0 Å². The highest BCUT2D eigenvalue weighted by molar-refractivity contribution is 6.34. The van der Waals surface area contributed by atoms with Crippen molar-refractivity contribution in [3.8, 4) is 5.88 Å². The molecule has 19 heavy (non-hydrogen) atoms. The molecular formula is C15H17ClN2O. The van der Waals surface area contributed by atoms with E-state index < -0.39 is 0 Å². The summed E-state index contributed by atoms with van der Waals surface area (Å²) in [5.41, 5.74) is 3.02. The Balaban J connectivity index is 2.36. The molecule has 3 nitrogen and oxygen atoms in total. The molecule has 0 spiro atoms. The first-order valence-electron chi connectivity index (χ1n) is 6.21. The number of aromatic nitrogens is 1. The topological polar surface area (TPSA) is 34.2 Å². The number of methoxy groups -OCH3 is 1. The zero-order valence-electron chi connectivity index (χ0n) is 11.3. The number of aryl methyl sites for hydroxylation is 2. The summed E-state index contributed by atoms with van der Waals surface area (Å²) in [6.07, 6.45) is 0.902. The number of nitrogens with zero attached hydrogens (tertiary/aromatic N) is 1. The minimum atomic E-state index is 0.580. The van der Waals surface area contributed by atoms with Gasteiger partial charge < -0.3 is 10.1 Å². The first-order chi connectivity index (χ1) is 9.15. The van der Waals surface area contributed by atoms with Crippen molar-refractivity contribution in [2.75, 3.05) is 12.4 Å². The number of ether oxygens (including phenoxy) is 1. The number of anilines is 2. The number of pyridine rings is 1. The maximum atomic E-state index is 6.36. The van der Waals surface area contributed by atoms with Crippen LogP contribution in [0.4, 0.5) is 11.5 Å². The van der Waals surface area contributed by atoms with E-state index in [0.29, 0.717) is 5.88 Å². The number of nitrogens with one attached hydrogen (secondary N) is 1. The van der Waals surface area contributed by atoms with E-state index in [9.17, 15) is 0 Å². The molecule has 2 aromatic rings. The van der Waals surface area contributed by atoms with E-state index in [4.69, 9.17) is 16.3 Å². The zero-order valence-corrected chi connectivity index (χ0v) is 12.1. The summed E-state index contributed by atoms with van der Waals surface area (Å²) >= 11 is 6.36. The van der Waals surface area contributed by atoms with Crippen LogP contribution in [-0.2, 0) is 6.42 Å². The molecule has 0 aliphatic rings. The molecule has 0 aliphatic carbocycles. The average molecular weight is 277 g/mol. The van der Waals surface area contributed by atoms with Gasteiger partial charge in [-0.25, -0.2) is 0 Å². The smallest absolute Gasteiger partial charge is 0.214 e. The van der Waals surface area contributed by atoms with Crippen LogP contribution in [0.5, 0.6) is 5.88 Å². The van der Waals surface area contributed by atoms with Crippen LogP contribution in [0.2, 0.25) is 5.02 Å². The lowest BCUT2D eigenvalue weighted by atomic mass is 10.1. The van der Waals surface area contributed by atoms with Crippen molar-refractivity contribution in [2.45, 2.75) is 20.3 Å². The van der Waals surface area contributed by atoms with E-state index in [2.05, 4.69) is 17.2 Å². The summed E-state index contributed by atoms with van der Waals surface area (Å²) < 4.78 is 5.14. The van der Waals surface area contributed by atoms with Crippen LogP contribution in [0.1, 0.15) is 18.1 Å². The van der Waals surface area contributed by atoms with E-state index in [-0.39, 0.29) is 0 Å². The van der Waals surface area contributed by atoms with Crippen molar-refractivity contribution in [3.05, 3.63) is 46.5 Å². The quantitative estimate of drug-likeness (QED) is 0.901. The van der Waals surface area contributed by atoms with Gasteiger partial charge in [0.25, 0.3) is 0 Å². The lowest BCUT2D eigenvalue weighted by Crippen LogP contribution is -1.99. The number of hydrogen-bond acceptors (Lipinski definition) is 3. The number of benzene rings is 1. The summed E-state index contributed by atoms with van der Waals surface area (Å²) in [6, 6.07) is 9.76. The van der Waals surface area contributed by atoms with Crippen LogP contribution in [0.25, 0.3) is 0 Å². The fraction of sp³-hybridized carbons (Fsp3) is 0.267. The van der Waals surface area contributed by atoms with Gasteiger partial charge in [-0.2, -0.15) is 4.98 Å². The molecule has 0 saturated carbocycles. The Labute approximate surface area is 118 Å². The second-order valence-corrected chi connectivity index (χ2v) is 4.65. The summed E-state index contributed by atoms with van der Waals surface area (Å²) in [5, 5.41) is 4.01. The molecule has 0 radical (unpaired) electrons. The number of rotatable bonds is 4. The summed E-state index contributed by atoms with van der Waals surface area (Å²) in [4.78, 5) is 4.39. The van der Waals surface area contributed by atoms with Crippen molar-refractivity contribution < 1.29 is 4.74 Å². The van der Waals surface area contributed by atoms with Gasteiger partial charge in [-0.15, -0.1) is 0 Å². The Morgan fingerprint density at radius 2 is 2.05 bits per heavy atom. The van der Waals surface area contributed by atoms with Crippen LogP contribution >= 0.6 is 11.6 Å². The van der Waals surface area contributed by atoms with Crippen LogP contribution < -0.4 is 10.1 Å². The average Bonchev–Trinajstić information content (AvgIpc) is 2.43. The fourth-order valence-corrected chi connectivity index (χ4v) is 2.13. The molecule has 0 aliphatic heterocycles. The van der Waals surface area contributed by atoms with E-state index in [0.717, 1.165) is 34.1 Å². The molecule has 0 saturated heterocycles. The van der Waals surface area contributed by atoms with E-state index in [1.165, 1.54) is 0 Å². The summed E-state index contributed by atoms with van der Waals surface area (Å²) in [7, 11) is 1.60. The third kappa shape index (κ3) is 2.99. The molecule has 0 bridgehead atoms. The van der Waals surface area contributed by atoms with Crippen LogP contribution in [-0.4, -0.2) is 12.1 Å². The highest BCUT2D eigenvalue weighted by atomic mass is 35.5. The maximum Gasteiger partial charge on any atom is 0.214 e. The van der Waals surface area contributed by atoms with Crippen molar-refractivity contribution in [1.29, 1.82) is 0 Å². The zero-order chi connectivity index (χ0) is 13.8. The third-order valence-electron chi connectivity index (χ3n) is 2.99. The minimum Gasteiger partial charge on any atom is -0.481 e.